The van der Waals surface area contributed by atoms with Gasteiger partial charge in [-0.1, -0.05) is 34.8 Å². The van der Waals surface area contributed by atoms with Crippen molar-refractivity contribution in [2.75, 3.05) is 11.5 Å². The van der Waals surface area contributed by atoms with Crippen LogP contribution < -0.4 is 11.5 Å². The van der Waals surface area contributed by atoms with E-state index in [1.807, 2.05) is 0 Å². The molecule has 0 spiro atoms. The van der Waals surface area contributed by atoms with E-state index in [9.17, 15) is 0 Å². The molecule has 1 aromatic heterocycles. The minimum Gasteiger partial charge on any atom is -0.383 e. The van der Waals surface area contributed by atoms with E-state index in [4.69, 9.17) is 46.3 Å². The molecule has 2 aromatic rings. The number of nitrogens with zero attached hydrogens (tertiary/aromatic N) is 2. The van der Waals surface area contributed by atoms with Gasteiger partial charge in [-0.25, -0.2) is 4.98 Å². The first-order chi connectivity index (χ1) is 8.40. The standard InChI is InChI=1S/C11H9Cl3N4/c1-4-8(10(15)18-11(16)17-4)5-2-6(12)9(14)7(13)3-5/h2-3H,1H3,(H4,15,16,17,18). The van der Waals surface area contributed by atoms with E-state index in [-0.39, 0.29) is 11.8 Å². The fraction of sp³-hybridized carbons (Fsp3) is 0.0909. The van der Waals surface area contributed by atoms with Gasteiger partial charge < -0.3 is 11.5 Å². The Hall–Kier alpha value is -1.23. The molecule has 4 N–H and O–H groups in total. The summed E-state index contributed by atoms with van der Waals surface area (Å²) in [6, 6.07) is 3.32. The Balaban J connectivity index is 2.70. The highest BCUT2D eigenvalue weighted by molar-refractivity contribution is 6.48. The molecule has 0 aliphatic rings. The summed E-state index contributed by atoms with van der Waals surface area (Å²) in [6.45, 7) is 1.78. The second-order valence-electron chi connectivity index (χ2n) is 3.68. The number of nitrogen functional groups attached to an aromatic ring is 2. The minimum absolute atomic E-state index is 0.125. The number of rotatable bonds is 1. The molecule has 0 fully saturated rings. The topological polar surface area (TPSA) is 77.8 Å². The molecule has 0 amide bonds. The van der Waals surface area contributed by atoms with E-state index in [1.165, 1.54) is 0 Å². The first-order valence-corrected chi connectivity index (χ1v) is 6.08. The Bertz CT molecular complexity index is 582. The zero-order chi connectivity index (χ0) is 13.4. The SMILES string of the molecule is Cc1nc(N)nc(N)c1-c1cc(Cl)c(Cl)c(Cl)c1. The number of halogens is 3. The number of hydrogen-bond acceptors (Lipinski definition) is 4. The third-order valence-corrected chi connectivity index (χ3v) is 3.60. The smallest absolute Gasteiger partial charge is 0.222 e. The Labute approximate surface area is 119 Å². The maximum atomic E-state index is 5.98. The van der Waals surface area contributed by atoms with Gasteiger partial charge >= 0.3 is 0 Å². The van der Waals surface area contributed by atoms with Crippen LogP contribution in [0.2, 0.25) is 15.1 Å². The summed E-state index contributed by atoms with van der Waals surface area (Å²) >= 11 is 17.9. The summed E-state index contributed by atoms with van der Waals surface area (Å²) in [6.07, 6.45) is 0. The number of aryl methyl sites for hydroxylation is 1. The summed E-state index contributed by atoms with van der Waals surface area (Å²) in [7, 11) is 0. The van der Waals surface area contributed by atoms with E-state index in [2.05, 4.69) is 9.97 Å². The maximum absolute atomic E-state index is 5.98. The van der Waals surface area contributed by atoms with Crippen molar-refractivity contribution in [3.63, 3.8) is 0 Å². The predicted molar refractivity (Wildman–Crippen MR) is 76.1 cm³/mol. The lowest BCUT2D eigenvalue weighted by Gasteiger charge is -2.10. The zero-order valence-electron chi connectivity index (χ0n) is 9.34. The van der Waals surface area contributed by atoms with Gasteiger partial charge in [-0.3, -0.25) is 0 Å². The second kappa shape index (κ2) is 4.80. The number of nitrogens with two attached hydrogens (primary N) is 2. The Kier molecular flexibility index (Phi) is 3.52. The molecule has 18 heavy (non-hydrogen) atoms. The Morgan fingerprint density at radius 2 is 1.56 bits per heavy atom. The van der Waals surface area contributed by atoms with E-state index < -0.39 is 0 Å². The van der Waals surface area contributed by atoms with Gasteiger partial charge in [-0.15, -0.1) is 0 Å². The highest BCUT2D eigenvalue weighted by Gasteiger charge is 2.14. The van der Waals surface area contributed by atoms with Crippen LogP contribution in [0.5, 0.6) is 0 Å². The highest BCUT2D eigenvalue weighted by Crippen LogP contribution is 2.37. The molecule has 0 bridgehead atoms. The summed E-state index contributed by atoms with van der Waals surface area (Å²) in [5.74, 6) is 0.398. The number of aromatic nitrogens is 2. The van der Waals surface area contributed by atoms with Crippen LogP contribution in [-0.2, 0) is 0 Å². The van der Waals surface area contributed by atoms with Crippen molar-refractivity contribution in [1.82, 2.24) is 9.97 Å². The summed E-state index contributed by atoms with van der Waals surface area (Å²) in [4.78, 5) is 7.98. The van der Waals surface area contributed by atoms with Gasteiger partial charge in [-0.2, -0.15) is 4.98 Å². The van der Waals surface area contributed by atoms with Crippen LogP contribution in [0.15, 0.2) is 12.1 Å². The van der Waals surface area contributed by atoms with Crippen LogP contribution in [0, 0.1) is 6.92 Å². The van der Waals surface area contributed by atoms with Gasteiger partial charge in [0.05, 0.1) is 20.8 Å². The van der Waals surface area contributed by atoms with Crippen LogP contribution >= 0.6 is 34.8 Å². The average molecular weight is 304 g/mol. The van der Waals surface area contributed by atoms with Crippen molar-refractivity contribution in [3.05, 3.63) is 32.9 Å². The van der Waals surface area contributed by atoms with Crippen molar-refractivity contribution < 1.29 is 0 Å². The molecule has 4 nitrogen and oxygen atoms in total. The lowest BCUT2D eigenvalue weighted by Crippen LogP contribution is -2.04. The molecule has 7 heteroatoms. The molecule has 0 saturated heterocycles. The Morgan fingerprint density at radius 3 is 2.06 bits per heavy atom. The van der Waals surface area contributed by atoms with E-state index in [0.717, 1.165) is 0 Å². The lowest BCUT2D eigenvalue weighted by atomic mass is 10.1. The van der Waals surface area contributed by atoms with E-state index >= 15 is 0 Å². The van der Waals surface area contributed by atoms with Crippen molar-refractivity contribution >= 4 is 46.6 Å². The zero-order valence-corrected chi connectivity index (χ0v) is 11.6. The van der Waals surface area contributed by atoms with E-state index in [1.54, 1.807) is 19.1 Å². The summed E-state index contributed by atoms with van der Waals surface area (Å²) < 4.78 is 0. The number of anilines is 2. The van der Waals surface area contributed by atoms with Gasteiger partial charge in [0.1, 0.15) is 5.82 Å². The average Bonchev–Trinajstić information content (AvgIpc) is 2.24. The van der Waals surface area contributed by atoms with Gasteiger partial charge in [0.2, 0.25) is 5.95 Å². The fourth-order valence-corrected chi connectivity index (χ4v) is 2.27. The Morgan fingerprint density at radius 1 is 1.00 bits per heavy atom. The molecule has 0 aliphatic heterocycles. The monoisotopic (exact) mass is 302 g/mol. The van der Waals surface area contributed by atoms with Crippen LogP contribution in [0.25, 0.3) is 11.1 Å². The van der Waals surface area contributed by atoms with Crippen LogP contribution in [-0.4, -0.2) is 9.97 Å². The molecule has 0 unspecified atom stereocenters. The summed E-state index contributed by atoms with van der Waals surface area (Å²) in [5, 5.41) is 0.985. The van der Waals surface area contributed by atoms with Crippen LogP contribution in [0.4, 0.5) is 11.8 Å². The molecule has 2 rings (SSSR count). The normalized spacial score (nSPS) is 10.7. The molecule has 0 atom stereocenters. The van der Waals surface area contributed by atoms with Crippen molar-refractivity contribution in [3.8, 4) is 11.1 Å². The highest BCUT2D eigenvalue weighted by atomic mass is 35.5. The van der Waals surface area contributed by atoms with Gasteiger partial charge in [0.15, 0.2) is 0 Å². The largest absolute Gasteiger partial charge is 0.383 e. The molecule has 1 heterocycles. The number of hydrogen-bond donors (Lipinski definition) is 2. The van der Waals surface area contributed by atoms with Crippen LogP contribution in [0.1, 0.15) is 5.69 Å². The maximum Gasteiger partial charge on any atom is 0.222 e. The molecular formula is C11H9Cl3N4. The minimum atomic E-state index is 0.125. The van der Waals surface area contributed by atoms with Gasteiger partial charge in [0, 0.05) is 5.56 Å². The van der Waals surface area contributed by atoms with Crippen molar-refractivity contribution in [2.24, 2.45) is 0 Å². The lowest BCUT2D eigenvalue weighted by molar-refractivity contribution is 1.13. The van der Waals surface area contributed by atoms with Crippen molar-refractivity contribution in [2.45, 2.75) is 6.92 Å². The van der Waals surface area contributed by atoms with Gasteiger partial charge in [0.25, 0.3) is 0 Å². The molecular weight excluding hydrogens is 295 g/mol. The summed E-state index contributed by atoms with van der Waals surface area (Å²) in [5.41, 5.74) is 13.3. The third kappa shape index (κ3) is 2.32. The van der Waals surface area contributed by atoms with Gasteiger partial charge in [-0.05, 0) is 24.6 Å². The van der Waals surface area contributed by atoms with Crippen LogP contribution in [0.3, 0.4) is 0 Å². The molecule has 0 saturated carbocycles. The molecule has 0 aliphatic carbocycles. The molecule has 94 valence electrons. The fourth-order valence-electron chi connectivity index (χ4n) is 1.67. The first-order valence-electron chi connectivity index (χ1n) is 4.94. The third-order valence-electron chi connectivity index (χ3n) is 2.41. The van der Waals surface area contributed by atoms with E-state index in [0.29, 0.717) is 31.9 Å². The first kappa shape index (κ1) is 13.2. The molecule has 1 aromatic carbocycles. The second-order valence-corrected chi connectivity index (χ2v) is 4.87. The van der Waals surface area contributed by atoms with Crippen molar-refractivity contribution in [1.29, 1.82) is 0 Å². The molecule has 0 radical (unpaired) electrons. The number of benzene rings is 1. The quantitative estimate of drug-likeness (QED) is 0.789. The predicted octanol–water partition coefficient (Wildman–Crippen LogP) is 3.58.